The van der Waals surface area contributed by atoms with E-state index in [0.717, 1.165) is 5.52 Å². The van der Waals surface area contributed by atoms with E-state index >= 15 is 0 Å². The zero-order chi connectivity index (χ0) is 13.1. The average Bonchev–Trinajstić information content (AvgIpc) is 3.08. The van der Waals surface area contributed by atoms with Crippen LogP contribution in [0.2, 0.25) is 0 Å². The molecule has 3 aromatic rings. The maximum atomic E-state index is 4.92. The predicted molar refractivity (Wildman–Crippen MR) is 67.7 cm³/mol. The highest BCUT2D eigenvalue weighted by Gasteiger charge is 2.09. The summed E-state index contributed by atoms with van der Waals surface area (Å²) < 4.78 is 4.92. The van der Waals surface area contributed by atoms with Gasteiger partial charge in [-0.2, -0.15) is 15.0 Å². The van der Waals surface area contributed by atoms with Gasteiger partial charge in [-0.3, -0.25) is 0 Å². The summed E-state index contributed by atoms with van der Waals surface area (Å²) >= 11 is 0. The Morgan fingerprint density at radius 1 is 1.32 bits per heavy atom. The molecule has 0 saturated heterocycles. The molecule has 0 aliphatic carbocycles. The fourth-order valence-electron chi connectivity index (χ4n) is 1.67. The molecule has 98 valence electrons. The van der Waals surface area contributed by atoms with Gasteiger partial charge >= 0.3 is 0 Å². The lowest BCUT2D eigenvalue weighted by Gasteiger charge is -2.06. The van der Waals surface area contributed by atoms with Gasteiger partial charge in [0, 0.05) is 20.0 Å². The Labute approximate surface area is 107 Å². The maximum Gasteiger partial charge on any atom is 0.228 e. The normalized spacial score (nSPS) is 10.8. The number of imidazole rings is 1. The van der Waals surface area contributed by atoms with Crippen LogP contribution in [0.4, 0.5) is 11.8 Å². The second-order valence-corrected chi connectivity index (χ2v) is 3.76. The molecule has 3 aromatic heterocycles. The van der Waals surface area contributed by atoms with Crippen LogP contribution in [0.1, 0.15) is 5.89 Å². The van der Waals surface area contributed by atoms with Crippen molar-refractivity contribution in [1.82, 2.24) is 30.1 Å². The van der Waals surface area contributed by atoms with Gasteiger partial charge < -0.3 is 20.1 Å². The van der Waals surface area contributed by atoms with Crippen molar-refractivity contribution in [3.05, 3.63) is 18.5 Å². The van der Waals surface area contributed by atoms with E-state index in [-0.39, 0.29) is 0 Å². The summed E-state index contributed by atoms with van der Waals surface area (Å²) in [5, 5.41) is 9.64. The van der Waals surface area contributed by atoms with Gasteiger partial charge in [-0.1, -0.05) is 5.16 Å². The quantitative estimate of drug-likeness (QED) is 0.604. The lowest BCUT2D eigenvalue weighted by Crippen LogP contribution is -2.09. The van der Waals surface area contributed by atoms with E-state index in [9.17, 15) is 0 Å². The highest BCUT2D eigenvalue weighted by Crippen LogP contribution is 2.18. The Hall–Kier alpha value is -2.71. The Morgan fingerprint density at radius 2 is 2.26 bits per heavy atom. The first-order valence-corrected chi connectivity index (χ1v) is 5.75. The molecular weight excluding hydrogens is 248 g/mol. The number of hydrogen-bond donors (Lipinski definition) is 3. The fraction of sp³-hybridized carbons (Fsp3) is 0.300. The standard InChI is InChI=1S/C10H12N8O/c1-11-10-17-8(7-9(18-10)15-4-14-7)12-3-2-6-13-5-16-19-6/h4-5H,2-3H2,1H3,(H3,11,12,14,15,17,18). The molecule has 0 unspecified atom stereocenters. The van der Waals surface area contributed by atoms with Gasteiger partial charge in [0.1, 0.15) is 5.52 Å². The first-order valence-electron chi connectivity index (χ1n) is 5.75. The summed E-state index contributed by atoms with van der Waals surface area (Å²) in [6.07, 6.45) is 3.59. The van der Waals surface area contributed by atoms with Crippen molar-refractivity contribution in [3.8, 4) is 0 Å². The summed E-state index contributed by atoms with van der Waals surface area (Å²) in [5.74, 6) is 1.78. The molecule has 0 aromatic carbocycles. The first kappa shape index (κ1) is 11.4. The van der Waals surface area contributed by atoms with E-state index in [4.69, 9.17) is 4.52 Å². The van der Waals surface area contributed by atoms with Crippen molar-refractivity contribution in [2.45, 2.75) is 6.42 Å². The zero-order valence-electron chi connectivity index (χ0n) is 10.2. The van der Waals surface area contributed by atoms with Crippen LogP contribution in [0.5, 0.6) is 0 Å². The van der Waals surface area contributed by atoms with Gasteiger partial charge in [0.05, 0.1) is 6.33 Å². The molecular formula is C10H12N8O. The Balaban J connectivity index is 1.77. The minimum absolute atomic E-state index is 0.514. The summed E-state index contributed by atoms with van der Waals surface area (Å²) in [6.45, 7) is 0.622. The van der Waals surface area contributed by atoms with Crippen LogP contribution in [0, 0.1) is 0 Å². The topological polar surface area (TPSA) is 117 Å². The van der Waals surface area contributed by atoms with Gasteiger partial charge in [-0.25, -0.2) is 4.98 Å². The SMILES string of the molecule is CNc1nc(NCCc2ncno2)c2[nH]cnc2n1. The molecule has 0 saturated carbocycles. The highest BCUT2D eigenvalue weighted by molar-refractivity contribution is 5.83. The fourth-order valence-corrected chi connectivity index (χ4v) is 1.67. The lowest BCUT2D eigenvalue weighted by molar-refractivity contribution is 0.380. The van der Waals surface area contributed by atoms with Crippen molar-refractivity contribution >= 4 is 22.9 Å². The van der Waals surface area contributed by atoms with Crippen LogP contribution >= 0.6 is 0 Å². The number of aromatic amines is 1. The highest BCUT2D eigenvalue weighted by atomic mass is 16.5. The van der Waals surface area contributed by atoms with Crippen LogP contribution in [0.25, 0.3) is 11.2 Å². The summed E-state index contributed by atoms with van der Waals surface area (Å²) in [7, 11) is 1.76. The first-order chi connectivity index (χ1) is 9.36. The average molecular weight is 260 g/mol. The molecule has 3 rings (SSSR count). The number of rotatable bonds is 5. The van der Waals surface area contributed by atoms with Crippen molar-refractivity contribution in [2.24, 2.45) is 0 Å². The summed E-state index contributed by atoms with van der Waals surface area (Å²) in [5.41, 5.74) is 1.38. The molecule has 0 atom stereocenters. The van der Waals surface area contributed by atoms with Crippen molar-refractivity contribution < 1.29 is 4.52 Å². The van der Waals surface area contributed by atoms with E-state index in [2.05, 4.69) is 40.7 Å². The third-order valence-corrected chi connectivity index (χ3v) is 2.55. The molecule has 9 heteroatoms. The third kappa shape index (κ3) is 2.30. The molecule has 0 amide bonds. The molecule has 0 spiro atoms. The number of hydrogen-bond acceptors (Lipinski definition) is 8. The minimum atomic E-state index is 0.514. The van der Waals surface area contributed by atoms with E-state index < -0.39 is 0 Å². The minimum Gasteiger partial charge on any atom is -0.368 e. The van der Waals surface area contributed by atoms with Crippen molar-refractivity contribution in [2.75, 3.05) is 24.2 Å². The number of H-pyrrole nitrogens is 1. The van der Waals surface area contributed by atoms with Gasteiger partial charge in [0.25, 0.3) is 0 Å². The molecule has 0 radical (unpaired) electrons. The second kappa shape index (κ2) is 4.88. The Kier molecular flexibility index (Phi) is 2.93. The number of nitrogens with one attached hydrogen (secondary N) is 3. The molecule has 0 fully saturated rings. The van der Waals surface area contributed by atoms with Crippen LogP contribution in [0.3, 0.4) is 0 Å². The molecule has 3 heterocycles. The molecule has 0 aliphatic rings. The van der Waals surface area contributed by atoms with Crippen molar-refractivity contribution in [1.29, 1.82) is 0 Å². The Bertz CT molecular complexity index is 661. The van der Waals surface area contributed by atoms with Crippen LogP contribution < -0.4 is 10.6 Å². The monoisotopic (exact) mass is 260 g/mol. The zero-order valence-corrected chi connectivity index (χ0v) is 10.2. The summed E-state index contributed by atoms with van der Waals surface area (Å²) in [4.78, 5) is 19.6. The molecule has 9 nitrogen and oxygen atoms in total. The van der Waals surface area contributed by atoms with Crippen LogP contribution in [0.15, 0.2) is 17.2 Å². The number of nitrogens with zero attached hydrogens (tertiary/aromatic N) is 5. The van der Waals surface area contributed by atoms with E-state index in [1.54, 1.807) is 13.4 Å². The van der Waals surface area contributed by atoms with E-state index in [1.165, 1.54) is 6.33 Å². The van der Waals surface area contributed by atoms with E-state index in [0.29, 0.717) is 36.3 Å². The predicted octanol–water partition coefficient (Wildman–Crippen LogP) is 0.432. The molecule has 3 N–H and O–H groups in total. The largest absolute Gasteiger partial charge is 0.368 e. The van der Waals surface area contributed by atoms with Gasteiger partial charge in [0.2, 0.25) is 11.8 Å². The maximum absolute atomic E-state index is 4.92. The van der Waals surface area contributed by atoms with Gasteiger partial charge in [0.15, 0.2) is 17.8 Å². The number of aromatic nitrogens is 6. The smallest absolute Gasteiger partial charge is 0.228 e. The second-order valence-electron chi connectivity index (χ2n) is 3.76. The van der Waals surface area contributed by atoms with Crippen molar-refractivity contribution in [3.63, 3.8) is 0 Å². The van der Waals surface area contributed by atoms with Gasteiger partial charge in [-0.15, -0.1) is 0 Å². The molecule has 19 heavy (non-hydrogen) atoms. The molecule has 0 aliphatic heterocycles. The Morgan fingerprint density at radius 3 is 3.05 bits per heavy atom. The number of fused-ring (bicyclic) bond motifs is 1. The number of anilines is 2. The lowest BCUT2D eigenvalue weighted by atomic mass is 10.4. The summed E-state index contributed by atoms with van der Waals surface area (Å²) in [6, 6.07) is 0. The third-order valence-electron chi connectivity index (χ3n) is 2.55. The van der Waals surface area contributed by atoms with E-state index in [1.807, 2.05) is 0 Å². The van der Waals surface area contributed by atoms with Crippen LogP contribution in [-0.2, 0) is 6.42 Å². The molecule has 0 bridgehead atoms. The van der Waals surface area contributed by atoms with Gasteiger partial charge in [-0.05, 0) is 0 Å². The van der Waals surface area contributed by atoms with Crippen LogP contribution in [-0.4, -0.2) is 43.7 Å².